The molecule has 2 nitrogen and oxygen atoms in total. The van der Waals surface area contributed by atoms with Gasteiger partial charge in [-0.2, -0.15) is 13.2 Å². The zero-order chi connectivity index (χ0) is 24.1. The van der Waals surface area contributed by atoms with Crippen LogP contribution in [0.5, 0.6) is 0 Å². The van der Waals surface area contributed by atoms with Crippen molar-refractivity contribution in [1.82, 2.24) is 4.98 Å². The first-order chi connectivity index (χ1) is 15.5. The second kappa shape index (κ2) is 8.52. The lowest BCUT2D eigenvalue weighted by Gasteiger charge is -2.24. The van der Waals surface area contributed by atoms with Gasteiger partial charge in [-0.05, 0) is 59.2 Å². The zero-order valence-electron chi connectivity index (χ0n) is 18.4. The van der Waals surface area contributed by atoms with Gasteiger partial charge in [0.1, 0.15) is 5.82 Å². The van der Waals surface area contributed by atoms with E-state index in [4.69, 9.17) is 4.98 Å². The van der Waals surface area contributed by atoms with E-state index in [9.17, 15) is 22.7 Å². The molecule has 1 aliphatic carbocycles. The molecule has 1 heterocycles. The molecule has 3 unspecified atom stereocenters. The highest BCUT2D eigenvalue weighted by Gasteiger charge is 2.37. The van der Waals surface area contributed by atoms with Gasteiger partial charge in [0, 0.05) is 16.8 Å². The number of alkyl halides is 4. The monoisotopic (exact) mass is 461 g/mol. The molecule has 0 amide bonds. The zero-order valence-corrected chi connectivity index (χ0v) is 18.4. The van der Waals surface area contributed by atoms with Crippen LogP contribution >= 0.6 is 0 Å². The summed E-state index contributed by atoms with van der Waals surface area (Å²) < 4.78 is 68.8. The van der Waals surface area contributed by atoms with Gasteiger partial charge in [0.2, 0.25) is 0 Å². The number of nitrogens with zero attached hydrogens (tertiary/aromatic N) is 1. The first-order valence-electron chi connectivity index (χ1n) is 10.8. The van der Waals surface area contributed by atoms with E-state index in [1.807, 2.05) is 20.8 Å². The van der Waals surface area contributed by atoms with Crippen LogP contribution in [-0.2, 0) is 12.6 Å². The van der Waals surface area contributed by atoms with E-state index < -0.39 is 29.8 Å². The summed E-state index contributed by atoms with van der Waals surface area (Å²) in [5, 5.41) is 10.9. The number of benzene rings is 2. The van der Waals surface area contributed by atoms with Crippen LogP contribution in [0, 0.1) is 11.7 Å². The number of hydrogen-bond donors (Lipinski definition) is 1. The molecule has 3 atom stereocenters. The van der Waals surface area contributed by atoms with Gasteiger partial charge in [0.15, 0.2) is 6.17 Å². The maximum Gasteiger partial charge on any atom is 0.416 e. The van der Waals surface area contributed by atoms with E-state index >= 15 is 4.39 Å². The van der Waals surface area contributed by atoms with Crippen LogP contribution < -0.4 is 0 Å². The summed E-state index contributed by atoms with van der Waals surface area (Å²) in [4.78, 5) is 4.71. The van der Waals surface area contributed by atoms with Crippen LogP contribution in [0.3, 0.4) is 0 Å². The molecular weight excluding hydrogens is 437 g/mol. The Hall–Kier alpha value is -2.80. The lowest BCUT2D eigenvalue weighted by molar-refractivity contribution is -0.137. The van der Waals surface area contributed by atoms with Gasteiger partial charge in [-0.3, -0.25) is 4.98 Å². The molecule has 0 spiro atoms. The van der Waals surface area contributed by atoms with E-state index in [-0.39, 0.29) is 23.0 Å². The van der Waals surface area contributed by atoms with Crippen molar-refractivity contribution in [3.63, 3.8) is 0 Å². The normalized spacial score (nSPS) is 19.1. The van der Waals surface area contributed by atoms with Crippen LogP contribution in [0.4, 0.5) is 22.0 Å². The molecule has 4 rings (SSSR count). The number of hydrogen-bond acceptors (Lipinski definition) is 2. The molecule has 0 saturated carbocycles. The summed E-state index contributed by atoms with van der Waals surface area (Å²) in [6.45, 7) is 5.60. The molecule has 1 N–H and O–H groups in total. The molecule has 1 aromatic heterocycles. The smallest absolute Gasteiger partial charge is 0.388 e. The van der Waals surface area contributed by atoms with E-state index in [0.717, 1.165) is 24.3 Å². The van der Waals surface area contributed by atoms with Gasteiger partial charge in [-0.25, -0.2) is 8.78 Å². The van der Waals surface area contributed by atoms with E-state index in [1.54, 1.807) is 0 Å². The van der Waals surface area contributed by atoms with Crippen LogP contribution in [0.2, 0.25) is 0 Å². The lowest BCUT2D eigenvalue weighted by Crippen LogP contribution is -2.12. The molecule has 174 valence electrons. The van der Waals surface area contributed by atoms with Crippen molar-refractivity contribution in [3.8, 4) is 11.1 Å². The maximum atomic E-state index is 16.2. The molecule has 1 aliphatic rings. The predicted octanol–water partition coefficient (Wildman–Crippen LogP) is 7.31. The fraction of sp³-hybridized carbons (Fsp3) is 0.346. The minimum atomic E-state index is -4.53. The van der Waals surface area contributed by atoms with E-state index in [1.165, 1.54) is 24.3 Å². The number of pyridine rings is 1. The third-order valence-electron chi connectivity index (χ3n) is 6.19. The molecule has 33 heavy (non-hydrogen) atoms. The van der Waals surface area contributed by atoms with Gasteiger partial charge in [-0.1, -0.05) is 45.0 Å². The second-order valence-electron chi connectivity index (χ2n) is 8.92. The third kappa shape index (κ3) is 4.26. The van der Waals surface area contributed by atoms with E-state index in [0.29, 0.717) is 34.5 Å². The summed E-state index contributed by atoms with van der Waals surface area (Å²) in [6, 6.07) is 9.52. The molecule has 0 radical (unpaired) electrons. The Labute approximate surface area is 189 Å². The molecule has 3 aromatic rings. The van der Waals surface area contributed by atoms with Crippen molar-refractivity contribution < 1.29 is 27.1 Å². The average Bonchev–Trinajstić information content (AvgIpc) is 3.05. The third-order valence-corrected chi connectivity index (χ3v) is 6.19. The highest BCUT2D eigenvalue weighted by atomic mass is 19.4. The average molecular weight is 461 g/mol. The van der Waals surface area contributed by atoms with E-state index in [2.05, 4.69) is 0 Å². The molecule has 0 saturated heterocycles. The Balaban J connectivity index is 1.97. The minimum absolute atomic E-state index is 0.0514. The Morgan fingerprint density at radius 1 is 1.00 bits per heavy atom. The van der Waals surface area contributed by atoms with Crippen molar-refractivity contribution >= 4 is 0 Å². The lowest BCUT2D eigenvalue weighted by atomic mass is 9.85. The molecule has 2 aromatic carbocycles. The number of rotatable bonds is 4. The fourth-order valence-corrected chi connectivity index (χ4v) is 4.49. The van der Waals surface area contributed by atoms with Crippen molar-refractivity contribution in [3.05, 3.63) is 88.0 Å². The highest BCUT2D eigenvalue weighted by molar-refractivity contribution is 5.75. The number of halogens is 5. The summed E-state index contributed by atoms with van der Waals surface area (Å²) in [5.41, 5.74) is 1.99. The van der Waals surface area contributed by atoms with Crippen LogP contribution in [-0.4, -0.2) is 10.1 Å². The molecule has 0 bridgehead atoms. The quantitative estimate of drug-likeness (QED) is 0.413. The molecule has 0 fully saturated rings. The summed E-state index contributed by atoms with van der Waals surface area (Å²) in [6.07, 6.45) is -6.68. The minimum Gasteiger partial charge on any atom is -0.388 e. The van der Waals surface area contributed by atoms with Crippen molar-refractivity contribution in [2.75, 3.05) is 0 Å². The van der Waals surface area contributed by atoms with Crippen molar-refractivity contribution in [2.24, 2.45) is 5.92 Å². The van der Waals surface area contributed by atoms with Crippen LogP contribution in [0.15, 0.2) is 48.5 Å². The molecule has 7 heteroatoms. The molecule has 0 aliphatic heterocycles. The standard InChI is InChI=1S/C26H24F5NO/c1-13(2)24-22(23(28)16-4-8-17(9-5-16)26(29,30)31)20(15-6-10-18(27)11-7-15)21-19(32-24)12-14(3)25(21)33/h4-11,13-14,23,25,33H,12H2,1-3H3. The number of aromatic nitrogens is 1. The summed E-state index contributed by atoms with van der Waals surface area (Å²) in [7, 11) is 0. The van der Waals surface area contributed by atoms with Gasteiger partial charge in [-0.15, -0.1) is 0 Å². The highest BCUT2D eigenvalue weighted by Crippen LogP contribution is 2.48. The van der Waals surface area contributed by atoms with Crippen LogP contribution in [0.1, 0.15) is 72.6 Å². The summed E-state index contributed by atoms with van der Waals surface area (Å²) in [5.74, 6) is -0.778. The Morgan fingerprint density at radius 2 is 1.61 bits per heavy atom. The molecular formula is C26H24F5NO. The van der Waals surface area contributed by atoms with Gasteiger partial charge < -0.3 is 5.11 Å². The first-order valence-corrected chi connectivity index (χ1v) is 10.8. The van der Waals surface area contributed by atoms with Gasteiger partial charge >= 0.3 is 6.18 Å². The number of aliphatic hydroxyl groups excluding tert-OH is 1. The fourth-order valence-electron chi connectivity index (χ4n) is 4.49. The largest absolute Gasteiger partial charge is 0.416 e. The SMILES string of the molecule is CC(C)c1nc2c(c(-c3ccc(F)cc3)c1C(F)c1ccc(C(F)(F)F)cc1)C(O)C(C)C2. The maximum absolute atomic E-state index is 16.2. The predicted molar refractivity (Wildman–Crippen MR) is 116 cm³/mol. The van der Waals surface area contributed by atoms with Crippen LogP contribution in [0.25, 0.3) is 11.1 Å². The van der Waals surface area contributed by atoms with Gasteiger partial charge in [0.25, 0.3) is 0 Å². The van der Waals surface area contributed by atoms with Gasteiger partial charge in [0.05, 0.1) is 17.4 Å². The number of aliphatic hydroxyl groups is 1. The Kier molecular flexibility index (Phi) is 6.03. The topological polar surface area (TPSA) is 33.1 Å². The Morgan fingerprint density at radius 3 is 2.15 bits per heavy atom. The number of fused-ring (bicyclic) bond motifs is 1. The Bertz CT molecular complexity index is 1150. The first kappa shape index (κ1) is 23.4. The summed E-state index contributed by atoms with van der Waals surface area (Å²) >= 11 is 0. The van der Waals surface area contributed by atoms with Crippen molar-refractivity contribution in [2.45, 2.75) is 51.6 Å². The van der Waals surface area contributed by atoms with Crippen molar-refractivity contribution in [1.29, 1.82) is 0 Å². The second-order valence-corrected chi connectivity index (χ2v) is 8.92.